The van der Waals surface area contributed by atoms with Crippen LogP contribution in [0.25, 0.3) is 0 Å². The molecular weight excluding hydrogens is 629 g/mol. The number of rotatable bonds is 6. The van der Waals surface area contributed by atoms with Crippen LogP contribution in [0.1, 0.15) is 41.4 Å². The zero-order chi connectivity index (χ0) is 33.5. The first-order valence-corrected chi connectivity index (χ1v) is 13.3. The standard InChI is InChI=1S/2C14H10O2.3CH2O2S/c2*15-13(11-7-3-1-4-8-11)14(16)12-9-5-2-6-10-12;3*2-1(3)4/h2*1-10H;3*4H,(H,2,3). The van der Waals surface area contributed by atoms with Crippen LogP contribution in [-0.4, -0.2) is 54.4 Å². The Bertz CT molecular complexity index is 1280. The van der Waals surface area contributed by atoms with Crippen molar-refractivity contribution in [3.63, 3.8) is 0 Å². The van der Waals surface area contributed by atoms with Crippen molar-refractivity contribution in [1.29, 1.82) is 0 Å². The third kappa shape index (κ3) is 18.5. The van der Waals surface area contributed by atoms with Crippen molar-refractivity contribution < 1.29 is 48.9 Å². The first-order chi connectivity index (χ1) is 20.8. The molecule has 4 aromatic carbocycles. The van der Waals surface area contributed by atoms with Gasteiger partial charge in [0.2, 0.25) is 23.1 Å². The summed E-state index contributed by atoms with van der Waals surface area (Å²) in [7, 11) is 0. The maximum Gasteiger partial charge on any atom is 0.361 e. The summed E-state index contributed by atoms with van der Waals surface area (Å²) in [5.74, 6) is -1.86. The average Bonchev–Trinajstić information content (AvgIpc) is 3.01. The molecule has 228 valence electrons. The monoisotopic (exact) mass is 654 g/mol. The Kier molecular flexibility index (Phi) is 20.0. The second-order valence-corrected chi connectivity index (χ2v) is 8.78. The summed E-state index contributed by atoms with van der Waals surface area (Å²) in [6.07, 6.45) is 0. The molecule has 4 aromatic rings. The van der Waals surface area contributed by atoms with E-state index in [1.54, 1.807) is 97.1 Å². The van der Waals surface area contributed by atoms with Crippen molar-refractivity contribution in [3.05, 3.63) is 144 Å². The molecule has 0 amide bonds. The summed E-state index contributed by atoms with van der Waals surface area (Å²) in [4.78, 5) is 73.8. The van der Waals surface area contributed by atoms with E-state index in [4.69, 9.17) is 29.7 Å². The predicted octanol–water partition coefficient (Wildman–Crippen LogP) is 7.29. The Labute approximate surface area is 268 Å². The smallest absolute Gasteiger partial charge is 0.361 e. The van der Waals surface area contributed by atoms with Gasteiger partial charge in [0.1, 0.15) is 0 Å². The van der Waals surface area contributed by atoms with E-state index in [2.05, 4.69) is 37.9 Å². The zero-order valence-electron chi connectivity index (χ0n) is 22.6. The molecule has 3 N–H and O–H groups in total. The van der Waals surface area contributed by atoms with Crippen LogP contribution in [0, 0.1) is 0 Å². The lowest BCUT2D eigenvalue weighted by Crippen LogP contribution is -2.14. The molecule has 0 atom stereocenters. The molecule has 13 heteroatoms. The van der Waals surface area contributed by atoms with Gasteiger partial charge in [0.05, 0.1) is 0 Å². The van der Waals surface area contributed by atoms with Crippen molar-refractivity contribution in [1.82, 2.24) is 0 Å². The van der Waals surface area contributed by atoms with Crippen molar-refractivity contribution in [2.45, 2.75) is 0 Å². The Morgan fingerprint density at radius 1 is 0.318 bits per heavy atom. The van der Waals surface area contributed by atoms with Crippen molar-refractivity contribution in [2.75, 3.05) is 0 Å². The van der Waals surface area contributed by atoms with Crippen LogP contribution in [0.2, 0.25) is 0 Å². The highest BCUT2D eigenvalue weighted by molar-refractivity contribution is 7.96. The van der Waals surface area contributed by atoms with E-state index in [-0.39, 0.29) is 0 Å². The summed E-state index contributed by atoms with van der Waals surface area (Å²) in [6, 6.07) is 34.3. The van der Waals surface area contributed by atoms with Gasteiger partial charge in [-0.05, 0) is 0 Å². The van der Waals surface area contributed by atoms with Gasteiger partial charge in [-0.15, -0.1) is 0 Å². The Morgan fingerprint density at radius 3 is 0.545 bits per heavy atom. The van der Waals surface area contributed by atoms with Gasteiger partial charge >= 0.3 is 15.9 Å². The quantitative estimate of drug-likeness (QED) is 0.0702. The van der Waals surface area contributed by atoms with E-state index in [0.717, 1.165) is 0 Å². The van der Waals surface area contributed by atoms with Crippen LogP contribution in [0.15, 0.2) is 121 Å². The molecule has 10 nitrogen and oxygen atoms in total. The van der Waals surface area contributed by atoms with E-state index in [1.807, 2.05) is 24.3 Å². The molecule has 0 aromatic heterocycles. The number of thiol groups is 3. The minimum absolute atomic E-state index is 0.427. The maximum atomic E-state index is 11.8. The SMILES string of the molecule is O=C(C(=O)c1ccccc1)c1ccccc1.O=C(C(=O)c1ccccc1)c1ccccc1.O=C(O)S.O=C(O)S.O=C(O)S. The van der Waals surface area contributed by atoms with Gasteiger partial charge in [-0.3, -0.25) is 19.2 Å². The van der Waals surface area contributed by atoms with Gasteiger partial charge in [-0.25, -0.2) is 14.4 Å². The number of benzene rings is 4. The second-order valence-electron chi connectivity index (χ2n) is 7.63. The molecule has 0 aliphatic heterocycles. The normalized spacial score (nSPS) is 8.80. The number of ketones is 4. The zero-order valence-corrected chi connectivity index (χ0v) is 25.3. The number of hydrogen-bond acceptors (Lipinski definition) is 7. The Morgan fingerprint density at radius 2 is 0.432 bits per heavy atom. The molecule has 0 radical (unpaired) electrons. The predicted molar refractivity (Wildman–Crippen MR) is 174 cm³/mol. The van der Waals surface area contributed by atoms with Gasteiger partial charge in [-0.2, -0.15) is 0 Å². The van der Waals surface area contributed by atoms with Crippen LogP contribution in [0.5, 0.6) is 0 Å². The summed E-state index contributed by atoms with van der Waals surface area (Å²) in [5.41, 5.74) is 1.71. The molecule has 0 saturated carbocycles. The highest BCUT2D eigenvalue weighted by Gasteiger charge is 2.18. The molecule has 4 rings (SSSR count). The number of carbonyl (C=O) groups excluding carboxylic acids is 4. The van der Waals surface area contributed by atoms with Gasteiger partial charge in [0.15, 0.2) is 0 Å². The lowest BCUT2D eigenvalue weighted by Gasteiger charge is -1.99. The first kappa shape index (κ1) is 39.0. The fourth-order valence-corrected chi connectivity index (χ4v) is 2.88. The molecule has 0 aliphatic rings. The van der Waals surface area contributed by atoms with Crippen LogP contribution >= 0.6 is 37.9 Å². The summed E-state index contributed by atoms with van der Waals surface area (Å²) >= 11 is 8.65. The minimum atomic E-state index is -1.14. The van der Waals surface area contributed by atoms with E-state index in [1.165, 1.54) is 0 Å². The molecule has 0 spiro atoms. The van der Waals surface area contributed by atoms with Crippen molar-refractivity contribution in [3.8, 4) is 0 Å². The number of carboxylic acid groups (broad SMARTS) is 3. The van der Waals surface area contributed by atoms with E-state index >= 15 is 0 Å². The van der Waals surface area contributed by atoms with E-state index in [0.29, 0.717) is 22.3 Å². The first-order valence-electron chi connectivity index (χ1n) is 11.9. The lowest BCUT2D eigenvalue weighted by molar-refractivity contribution is 0.0817. The highest BCUT2D eigenvalue weighted by atomic mass is 32.1. The van der Waals surface area contributed by atoms with Gasteiger partial charge in [0.25, 0.3) is 0 Å². The number of Topliss-reactive ketones (excluding diaryl/α,β-unsaturated/α-hetero) is 4. The van der Waals surface area contributed by atoms with Crippen LogP contribution in [0.4, 0.5) is 14.4 Å². The van der Waals surface area contributed by atoms with Crippen molar-refractivity contribution in [2.24, 2.45) is 0 Å². The minimum Gasteiger partial charge on any atom is -0.473 e. The molecule has 0 bridgehead atoms. The molecule has 0 heterocycles. The largest absolute Gasteiger partial charge is 0.473 e. The topological polar surface area (TPSA) is 180 Å². The third-order valence-corrected chi connectivity index (χ3v) is 4.56. The molecule has 0 fully saturated rings. The van der Waals surface area contributed by atoms with Crippen LogP contribution in [-0.2, 0) is 0 Å². The van der Waals surface area contributed by atoms with E-state index in [9.17, 15) is 19.2 Å². The van der Waals surface area contributed by atoms with Gasteiger partial charge in [0, 0.05) is 22.3 Å². The summed E-state index contributed by atoms with van der Waals surface area (Å²) in [6.45, 7) is 0. The molecule has 0 aliphatic carbocycles. The summed E-state index contributed by atoms with van der Waals surface area (Å²) in [5, 5.41) is 18.4. The Balaban J connectivity index is 0.000000619. The average molecular weight is 655 g/mol. The van der Waals surface area contributed by atoms with Gasteiger partial charge in [-0.1, -0.05) is 159 Å². The molecule has 0 unspecified atom stereocenters. The van der Waals surface area contributed by atoms with Crippen LogP contribution < -0.4 is 0 Å². The highest BCUT2D eigenvalue weighted by Crippen LogP contribution is 2.08. The van der Waals surface area contributed by atoms with Crippen molar-refractivity contribution >= 4 is 76.9 Å². The Hall–Kier alpha value is -4.98. The second kappa shape index (κ2) is 22.6. The lowest BCUT2D eigenvalue weighted by atomic mass is 10.0. The number of carbonyl (C=O) groups is 7. The number of hydrogen-bond donors (Lipinski definition) is 6. The molecule has 44 heavy (non-hydrogen) atoms. The maximum absolute atomic E-state index is 11.8. The third-order valence-electron chi connectivity index (χ3n) is 4.56. The van der Waals surface area contributed by atoms with Gasteiger partial charge < -0.3 is 15.3 Å². The fraction of sp³-hybridized carbons (Fsp3) is 0. The molecular formula is C31H26O10S3. The summed E-state index contributed by atoms with van der Waals surface area (Å²) < 4.78 is 0. The van der Waals surface area contributed by atoms with Crippen LogP contribution in [0.3, 0.4) is 0 Å². The van der Waals surface area contributed by atoms with E-state index < -0.39 is 39.0 Å². The molecule has 0 saturated heterocycles. The fourth-order valence-electron chi connectivity index (χ4n) is 2.88.